The molecule has 2 aromatic rings. The molecule has 1 heterocycles. The molecule has 0 radical (unpaired) electrons. The van der Waals surface area contributed by atoms with Gasteiger partial charge in [-0.1, -0.05) is 23.4 Å². The third kappa shape index (κ3) is 3.78. The van der Waals surface area contributed by atoms with E-state index in [0.29, 0.717) is 23.6 Å². The van der Waals surface area contributed by atoms with Gasteiger partial charge in [-0.15, -0.1) is 11.8 Å². The van der Waals surface area contributed by atoms with Crippen LogP contribution in [0.4, 0.5) is 6.01 Å². The van der Waals surface area contributed by atoms with Crippen LogP contribution in [0.25, 0.3) is 0 Å². The lowest BCUT2D eigenvalue weighted by molar-refractivity contribution is 0.422. The highest BCUT2D eigenvalue weighted by Gasteiger charge is 2.07. The average molecular weight is 249 g/mol. The summed E-state index contributed by atoms with van der Waals surface area (Å²) in [7, 11) is 0. The van der Waals surface area contributed by atoms with Crippen LogP contribution in [0.5, 0.6) is 0 Å². The molecule has 0 saturated heterocycles. The number of benzene rings is 1. The van der Waals surface area contributed by atoms with Crippen LogP contribution in [0.1, 0.15) is 19.7 Å². The fourth-order valence-electron chi connectivity index (χ4n) is 1.28. The molecule has 90 valence electrons. The van der Waals surface area contributed by atoms with Crippen LogP contribution in [0.15, 0.2) is 39.8 Å². The zero-order chi connectivity index (χ0) is 12.1. The molecule has 17 heavy (non-hydrogen) atoms. The molecule has 0 aliphatic rings. The molecule has 0 saturated carbocycles. The number of nitrogens with one attached hydrogen (secondary N) is 1. The lowest BCUT2D eigenvalue weighted by Gasteiger charge is -2.01. The molecule has 0 aliphatic heterocycles. The van der Waals surface area contributed by atoms with Crippen molar-refractivity contribution >= 4 is 17.8 Å². The maximum Gasteiger partial charge on any atom is 0.321 e. The fraction of sp³-hybridized carbons (Fsp3) is 0.333. The van der Waals surface area contributed by atoms with Crippen LogP contribution in [0.3, 0.4) is 0 Å². The van der Waals surface area contributed by atoms with Crippen molar-refractivity contribution in [1.29, 1.82) is 0 Å². The number of anilines is 1. The van der Waals surface area contributed by atoms with E-state index in [2.05, 4.69) is 27.6 Å². The smallest absolute Gasteiger partial charge is 0.321 e. The Morgan fingerprint density at radius 3 is 2.76 bits per heavy atom. The highest BCUT2D eigenvalue weighted by atomic mass is 32.2. The van der Waals surface area contributed by atoms with Gasteiger partial charge in [0.05, 0.1) is 5.75 Å². The first-order valence-corrected chi connectivity index (χ1v) is 6.49. The summed E-state index contributed by atoms with van der Waals surface area (Å²) < 4.78 is 5.08. The van der Waals surface area contributed by atoms with E-state index in [1.807, 2.05) is 32.0 Å². The van der Waals surface area contributed by atoms with Crippen molar-refractivity contribution in [1.82, 2.24) is 10.1 Å². The Bertz CT molecular complexity index is 456. The van der Waals surface area contributed by atoms with Gasteiger partial charge >= 0.3 is 6.01 Å². The van der Waals surface area contributed by atoms with Crippen molar-refractivity contribution in [3.8, 4) is 0 Å². The molecule has 4 nitrogen and oxygen atoms in total. The largest absolute Gasteiger partial charge is 0.336 e. The number of hydrogen-bond acceptors (Lipinski definition) is 5. The van der Waals surface area contributed by atoms with Gasteiger partial charge in [0.1, 0.15) is 0 Å². The van der Waals surface area contributed by atoms with Crippen LogP contribution < -0.4 is 5.32 Å². The minimum Gasteiger partial charge on any atom is -0.336 e. The number of aromatic nitrogens is 2. The molecule has 0 aliphatic carbocycles. The first-order valence-electron chi connectivity index (χ1n) is 5.51. The van der Waals surface area contributed by atoms with Gasteiger partial charge in [-0.25, -0.2) is 0 Å². The van der Waals surface area contributed by atoms with Crippen molar-refractivity contribution in [2.24, 2.45) is 0 Å². The predicted molar refractivity (Wildman–Crippen MR) is 69.1 cm³/mol. The summed E-state index contributed by atoms with van der Waals surface area (Å²) in [6.45, 7) is 4.06. The second kappa shape index (κ2) is 5.72. The topological polar surface area (TPSA) is 51.0 Å². The molecular weight excluding hydrogens is 234 g/mol. The molecule has 5 heteroatoms. The van der Waals surface area contributed by atoms with Crippen LogP contribution in [0.2, 0.25) is 0 Å². The Hall–Kier alpha value is -1.49. The van der Waals surface area contributed by atoms with Crippen molar-refractivity contribution in [3.63, 3.8) is 0 Å². The van der Waals surface area contributed by atoms with Gasteiger partial charge < -0.3 is 9.84 Å². The van der Waals surface area contributed by atoms with E-state index >= 15 is 0 Å². The Morgan fingerprint density at radius 1 is 1.29 bits per heavy atom. The Morgan fingerprint density at radius 2 is 2.06 bits per heavy atom. The highest BCUT2D eigenvalue weighted by molar-refractivity contribution is 7.98. The van der Waals surface area contributed by atoms with Crippen molar-refractivity contribution in [3.05, 3.63) is 36.2 Å². The van der Waals surface area contributed by atoms with E-state index < -0.39 is 0 Å². The SMILES string of the molecule is CC(C)Nc1nc(CSc2ccccc2)no1. The van der Waals surface area contributed by atoms with Gasteiger partial charge in [-0.2, -0.15) is 4.98 Å². The fourth-order valence-corrected chi connectivity index (χ4v) is 2.05. The molecule has 0 unspecified atom stereocenters. The second-order valence-corrected chi connectivity index (χ2v) is 4.97. The number of rotatable bonds is 5. The van der Waals surface area contributed by atoms with Crippen molar-refractivity contribution in [2.45, 2.75) is 30.5 Å². The molecule has 0 fully saturated rings. The number of thioether (sulfide) groups is 1. The van der Waals surface area contributed by atoms with E-state index in [9.17, 15) is 0 Å². The van der Waals surface area contributed by atoms with E-state index in [4.69, 9.17) is 4.52 Å². The normalized spacial score (nSPS) is 10.8. The minimum atomic E-state index is 0.296. The summed E-state index contributed by atoms with van der Waals surface area (Å²) in [6, 6.07) is 11.0. The van der Waals surface area contributed by atoms with Gasteiger partial charge in [0.2, 0.25) is 0 Å². The predicted octanol–water partition coefficient (Wildman–Crippen LogP) is 3.18. The molecule has 0 spiro atoms. The van der Waals surface area contributed by atoms with E-state index in [1.165, 1.54) is 4.90 Å². The quantitative estimate of drug-likeness (QED) is 0.825. The maximum atomic E-state index is 5.08. The maximum absolute atomic E-state index is 5.08. The highest BCUT2D eigenvalue weighted by Crippen LogP contribution is 2.21. The Kier molecular flexibility index (Phi) is 4.03. The van der Waals surface area contributed by atoms with Crippen LogP contribution in [-0.4, -0.2) is 16.2 Å². The second-order valence-electron chi connectivity index (χ2n) is 3.92. The zero-order valence-electron chi connectivity index (χ0n) is 9.88. The van der Waals surface area contributed by atoms with Gasteiger partial charge in [0, 0.05) is 10.9 Å². The van der Waals surface area contributed by atoms with E-state index in [-0.39, 0.29) is 0 Å². The summed E-state index contributed by atoms with van der Waals surface area (Å²) in [5.41, 5.74) is 0. The van der Waals surface area contributed by atoms with Crippen molar-refractivity contribution in [2.75, 3.05) is 5.32 Å². The Balaban J connectivity index is 1.89. The molecule has 0 amide bonds. The van der Waals surface area contributed by atoms with E-state index in [1.54, 1.807) is 11.8 Å². The molecule has 0 atom stereocenters. The minimum absolute atomic E-state index is 0.296. The first-order chi connectivity index (χ1) is 8.24. The van der Waals surface area contributed by atoms with Crippen molar-refractivity contribution < 1.29 is 4.52 Å². The summed E-state index contributed by atoms with van der Waals surface area (Å²) in [4.78, 5) is 5.46. The molecule has 1 aromatic carbocycles. The summed E-state index contributed by atoms with van der Waals surface area (Å²) in [5.74, 6) is 1.43. The third-order valence-corrected chi connectivity index (χ3v) is 3.00. The summed E-state index contributed by atoms with van der Waals surface area (Å²) >= 11 is 1.69. The van der Waals surface area contributed by atoms with Gasteiger partial charge in [0.25, 0.3) is 0 Å². The lowest BCUT2D eigenvalue weighted by Crippen LogP contribution is -2.09. The average Bonchev–Trinajstić information content (AvgIpc) is 2.75. The van der Waals surface area contributed by atoms with Gasteiger partial charge in [-0.3, -0.25) is 0 Å². The van der Waals surface area contributed by atoms with E-state index in [0.717, 1.165) is 0 Å². The monoisotopic (exact) mass is 249 g/mol. The first kappa shape index (κ1) is 12.0. The van der Waals surface area contributed by atoms with Crippen LogP contribution in [-0.2, 0) is 5.75 Å². The summed E-state index contributed by atoms with van der Waals surface area (Å²) in [5, 5.41) is 6.99. The molecule has 2 rings (SSSR count). The Labute approximate surface area is 105 Å². The van der Waals surface area contributed by atoms with Crippen LogP contribution >= 0.6 is 11.8 Å². The van der Waals surface area contributed by atoms with Crippen LogP contribution in [0, 0.1) is 0 Å². The molecule has 1 aromatic heterocycles. The molecule has 0 bridgehead atoms. The molecular formula is C12H15N3OS. The molecule has 1 N–H and O–H groups in total. The zero-order valence-corrected chi connectivity index (χ0v) is 10.7. The number of hydrogen-bond donors (Lipinski definition) is 1. The summed E-state index contributed by atoms with van der Waals surface area (Å²) in [6.07, 6.45) is 0. The lowest BCUT2D eigenvalue weighted by atomic mass is 10.4. The standard InChI is InChI=1S/C12H15N3OS/c1-9(2)13-12-14-11(15-16-12)8-17-10-6-4-3-5-7-10/h3-7,9H,8H2,1-2H3,(H,13,14,15). The third-order valence-electron chi connectivity index (χ3n) is 1.99. The number of nitrogens with zero attached hydrogens (tertiary/aromatic N) is 2. The van der Waals surface area contributed by atoms with Gasteiger partial charge in [0.15, 0.2) is 5.82 Å². The van der Waals surface area contributed by atoms with Gasteiger partial charge in [-0.05, 0) is 26.0 Å².